The monoisotopic (exact) mass is 210 g/mol. The highest BCUT2D eigenvalue weighted by Gasteiger charge is 2.18. The maximum absolute atomic E-state index is 5.75. The van der Waals surface area contributed by atoms with Crippen LogP contribution in [-0.4, -0.2) is 30.0 Å². The van der Waals surface area contributed by atoms with Crippen LogP contribution >= 0.6 is 11.6 Å². The Hall–Kier alpha value is -0.600. The number of hydrogen-bond acceptors (Lipinski definition) is 2. The molecule has 1 saturated heterocycles. The molecule has 0 radical (unpaired) electrons. The van der Waals surface area contributed by atoms with Gasteiger partial charge in [0, 0.05) is 6.20 Å². The third kappa shape index (κ3) is 2.25. The molecule has 2 nitrogen and oxygen atoms in total. The fraction of sp³-hybridized carbons (Fsp3) is 0.545. The van der Waals surface area contributed by atoms with Gasteiger partial charge in [-0.2, -0.15) is 0 Å². The van der Waals surface area contributed by atoms with Crippen molar-refractivity contribution in [3.63, 3.8) is 0 Å². The lowest BCUT2D eigenvalue weighted by Gasteiger charge is -2.28. The number of rotatable bonds is 1. The summed E-state index contributed by atoms with van der Waals surface area (Å²) >= 11 is 5.75. The van der Waals surface area contributed by atoms with Gasteiger partial charge in [0.1, 0.15) is 5.15 Å². The third-order valence-corrected chi connectivity index (χ3v) is 3.16. The second kappa shape index (κ2) is 4.28. The van der Waals surface area contributed by atoms with Gasteiger partial charge in [-0.05, 0) is 50.5 Å². The molecule has 2 rings (SSSR count). The SMILES string of the molecule is CN1CCC(c2ccc(Cl)nc2)CC1. The summed E-state index contributed by atoms with van der Waals surface area (Å²) in [7, 11) is 2.18. The Labute approximate surface area is 89.9 Å². The van der Waals surface area contributed by atoms with Crippen LogP contribution in [0, 0.1) is 0 Å². The van der Waals surface area contributed by atoms with E-state index >= 15 is 0 Å². The van der Waals surface area contributed by atoms with Crippen molar-refractivity contribution in [3.05, 3.63) is 29.0 Å². The van der Waals surface area contributed by atoms with Gasteiger partial charge in [0.15, 0.2) is 0 Å². The predicted molar refractivity (Wildman–Crippen MR) is 58.7 cm³/mol. The fourth-order valence-corrected chi connectivity index (χ4v) is 2.08. The summed E-state index contributed by atoms with van der Waals surface area (Å²) < 4.78 is 0. The molecule has 0 spiro atoms. The molecule has 1 aliphatic rings. The van der Waals surface area contributed by atoms with Crippen LogP contribution in [0.2, 0.25) is 5.15 Å². The number of pyridine rings is 1. The lowest BCUT2D eigenvalue weighted by atomic mass is 9.91. The van der Waals surface area contributed by atoms with E-state index in [0.29, 0.717) is 11.1 Å². The number of hydrogen-bond donors (Lipinski definition) is 0. The molecule has 76 valence electrons. The lowest BCUT2D eigenvalue weighted by Crippen LogP contribution is -2.29. The van der Waals surface area contributed by atoms with E-state index in [1.165, 1.54) is 31.5 Å². The molecule has 14 heavy (non-hydrogen) atoms. The van der Waals surface area contributed by atoms with E-state index in [9.17, 15) is 0 Å². The molecular weight excluding hydrogens is 196 g/mol. The van der Waals surface area contributed by atoms with Crippen molar-refractivity contribution in [2.45, 2.75) is 18.8 Å². The van der Waals surface area contributed by atoms with Crippen LogP contribution in [0.1, 0.15) is 24.3 Å². The number of piperidine rings is 1. The summed E-state index contributed by atoms with van der Waals surface area (Å²) in [6.45, 7) is 2.38. The van der Waals surface area contributed by atoms with Crippen LogP contribution in [0.3, 0.4) is 0 Å². The zero-order valence-electron chi connectivity index (χ0n) is 8.41. The van der Waals surface area contributed by atoms with Crippen LogP contribution in [0.5, 0.6) is 0 Å². The first-order valence-corrected chi connectivity index (χ1v) is 5.43. The van der Waals surface area contributed by atoms with Crippen LogP contribution in [0.25, 0.3) is 0 Å². The Kier molecular flexibility index (Phi) is 3.04. The molecule has 2 heterocycles. The average molecular weight is 211 g/mol. The Morgan fingerprint density at radius 2 is 2.07 bits per heavy atom. The molecule has 0 atom stereocenters. The molecule has 0 bridgehead atoms. The number of halogens is 1. The largest absolute Gasteiger partial charge is 0.306 e. The zero-order valence-corrected chi connectivity index (χ0v) is 9.17. The van der Waals surface area contributed by atoms with Gasteiger partial charge in [0.2, 0.25) is 0 Å². The van der Waals surface area contributed by atoms with E-state index in [4.69, 9.17) is 11.6 Å². The number of aromatic nitrogens is 1. The van der Waals surface area contributed by atoms with Crippen LogP contribution in [0.4, 0.5) is 0 Å². The van der Waals surface area contributed by atoms with Crippen molar-refractivity contribution < 1.29 is 0 Å². The molecule has 0 aliphatic carbocycles. The summed E-state index contributed by atoms with van der Waals surface area (Å²) in [6, 6.07) is 3.99. The minimum Gasteiger partial charge on any atom is -0.306 e. The van der Waals surface area contributed by atoms with Crippen molar-refractivity contribution in [1.82, 2.24) is 9.88 Å². The number of nitrogens with zero attached hydrogens (tertiary/aromatic N) is 2. The molecule has 0 N–H and O–H groups in total. The second-order valence-electron chi connectivity index (χ2n) is 3.99. The molecule has 0 unspecified atom stereocenters. The lowest BCUT2D eigenvalue weighted by molar-refractivity contribution is 0.255. The normalized spacial score (nSPS) is 19.9. The average Bonchev–Trinajstić information content (AvgIpc) is 2.21. The van der Waals surface area contributed by atoms with E-state index in [1.807, 2.05) is 12.3 Å². The Bertz CT molecular complexity index is 289. The van der Waals surface area contributed by atoms with E-state index in [-0.39, 0.29) is 0 Å². The molecule has 3 heteroatoms. The van der Waals surface area contributed by atoms with Crippen molar-refractivity contribution in [3.8, 4) is 0 Å². The standard InChI is InChI=1S/C11H15ClN2/c1-14-6-4-9(5-7-14)10-2-3-11(12)13-8-10/h2-3,8-9H,4-7H2,1H3. The molecule has 1 fully saturated rings. The fourth-order valence-electron chi connectivity index (χ4n) is 1.97. The van der Waals surface area contributed by atoms with Crippen LogP contribution in [-0.2, 0) is 0 Å². The van der Waals surface area contributed by atoms with E-state index in [0.717, 1.165) is 0 Å². The summed E-state index contributed by atoms with van der Waals surface area (Å²) in [5.41, 5.74) is 1.34. The minimum absolute atomic E-state index is 0.585. The molecule has 1 aromatic rings. The summed E-state index contributed by atoms with van der Waals surface area (Å²) in [5, 5.41) is 0.585. The molecule has 0 amide bonds. The third-order valence-electron chi connectivity index (χ3n) is 2.94. The molecule has 0 saturated carbocycles. The molecular formula is C11H15ClN2. The molecule has 1 aliphatic heterocycles. The van der Waals surface area contributed by atoms with Crippen molar-refractivity contribution >= 4 is 11.6 Å². The van der Waals surface area contributed by atoms with Crippen molar-refractivity contribution in [2.75, 3.05) is 20.1 Å². The maximum Gasteiger partial charge on any atom is 0.129 e. The first kappa shape index (κ1) is 9.94. The Balaban J connectivity index is 2.05. The first-order chi connectivity index (χ1) is 6.75. The van der Waals surface area contributed by atoms with Crippen molar-refractivity contribution in [2.24, 2.45) is 0 Å². The quantitative estimate of drug-likeness (QED) is 0.663. The van der Waals surface area contributed by atoms with Crippen LogP contribution < -0.4 is 0 Å². The summed E-state index contributed by atoms with van der Waals surface area (Å²) in [6.07, 6.45) is 4.39. The van der Waals surface area contributed by atoms with Gasteiger partial charge < -0.3 is 4.90 Å². The van der Waals surface area contributed by atoms with Crippen molar-refractivity contribution in [1.29, 1.82) is 0 Å². The predicted octanol–water partition coefficient (Wildman–Crippen LogP) is 2.54. The maximum atomic E-state index is 5.75. The topological polar surface area (TPSA) is 16.1 Å². The highest BCUT2D eigenvalue weighted by Crippen LogP contribution is 2.27. The Morgan fingerprint density at radius 3 is 2.64 bits per heavy atom. The van der Waals surface area contributed by atoms with Crippen LogP contribution in [0.15, 0.2) is 18.3 Å². The van der Waals surface area contributed by atoms with E-state index in [1.54, 1.807) is 0 Å². The Morgan fingerprint density at radius 1 is 1.36 bits per heavy atom. The zero-order chi connectivity index (χ0) is 9.97. The van der Waals surface area contributed by atoms with Gasteiger partial charge in [-0.25, -0.2) is 4.98 Å². The second-order valence-corrected chi connectivity index (χ2v) is 4.38. The molecule has 1 aromatic heterocycles. The van der Waals surface area contributed by atoms with Gasteiger partial charge in [-0.3, -0.25) is 0 Å². The smallest absolute Gasteiger partial charge is 0.129 e. The van der Waals surface area contributed by atoms with Gasteiger partial charge in [0.25, 0.3) is 0 Å². The highest BCUT2D eigenvalue weighted by atomic mass is 35.5. The highest BCUT2D eigenvalue weighted by molar-refractivity contribution is 6.29. The van der Waals surface area contributed by atoms with Gasteiger partial charge in [-0.15, -0.1) is 0 Å². The molecule has 0 aromatic carbocycles. The van der Waals surface area contributed by atoms with Gasteiger partial charge in [-0.1, -0.05) is 17.7 Å². The van der Waals surface area contributed by atoms with E-state index < -0.39 is 0 Å². The van der Waals surface area contributed by atoms with Gasteiger partial charge >= 0.3 is 0 Å². The number of likely N-dealkylation sites (tertiary alicyclic amines) is 1. The first-order valence-electron chi connectivity index (χ1n) is 5.05. The minimum atomic E-state index is 0.585. The summed E-state index contributed by atoms with van der Waals surface area (Å²) in [4.78, 5) is 6.50. The summed E-state index contributed by atoms with van der Waals surface area (Å²) in [5.74, 6) is 0.677. The van der Waals surface area contributed by atoms with E-state index in [2.05, 4.69) is 23.0 Å². The van der Waals surface area contributed by atoms with Gasteiger partial charge in [0.05, 0.1) is 0 Å².